The number of imidazole rings is 1. The zero-order valence-corrected chi connectivity index (χ0v) is 12.6. The first-order valence-corrected chi connectivity index (χ1v) is 9.63. The molecule has 0 unspecified atom stereocenters. The molecule has 0 aliphatic rings. The van der Waals surface area contributed by atoms with E-state index in [0.29, 0.717) is 0 Å². The van der Waals surface area contributed by atoms with Crippen molar-refractivity contribution < 1.29 is 34.8 Å². The molecule has 1 aromatic heterocycles. The summed E-state index contributed by atoms with van der Waals surface area (Å²) in [7, 11) is 0. The van der Waals surface area contributed by atoms with Crippen LogP contribution in [-0.4, -0.2) is 26.6 Å². The molecule has 7 nitrogen and oxygen atoms in total. The summed E-state index contributed by atoms with van der Waals surface area (Å²) in [6.07, 6.45) is 4.75. The molecule has 17 heavy (non-hydrogen) atoms. The van der Waals surface area contributed by atoms with Crippen molar-refractivity contribution in [3.8, 4) is 0 Å². The quantitative estimate of drug-likeness (QED) is 0.701. The van der Waals surface area contributed by atoms with Crippen LogP contribution in [-0.2, 0) is 43.9 Å². The van der Waals surface area contributed by atoms with E-state index in [4.69, 9.17) is 19.0 Å². The Hall–Kier alpha value is -0.808. The molecule has 1 aromatic rings. The van der Waals surface area contributed by atoms with E-state index < -0.39 is 15.8 Å². The minimum atomic E-state index is -5.86. The van der Waals surface area contributed by atoms with Crippen LogP contribution in [0.4, 0.5) is 0 Å². The second-order valence-corrected chi connectivity index (χ2v) is 5.82. The third-order valence-electron chi connectivity index (χ3n) is 1.82. The monoisotopic (exact) mass is 420 g/mol. The molecule has 1 rings (SSSR count). The summed E-state index contributed by atoms with van der Waals surface area (Å²) in [6, 6.07) is 0. The second-order valence-electron chi connectivity index (χ2n) is 2.97. The van der Waals surface area contributed by atoms with Crippen molar-refractivity contribution in [1.29, 1.82) is 0 Å². The molecule has 8 heteroatoms. The Morgan fingerprint density at radius 3 is 2.47 bits per heavy atom. The predicted octanol–water partition coefficient (Wildman–Crippen LogP) is 0.566. The third kappa shape index (κ3) is 10.1. The zero-order valence-electron chi connectivity index (χ0n) is 9.84. The summed E-state index contributed by atoms with van der Waals surface area (Å²) in [5.41, 5.74) is 0. The van der Waals surface area contributed by atoms with Crippen LogP contribution >= 0.6 is 0 Å². The van der Waals surface area contributed by atoms with E-state index in [2.05, 4.69) is 16.5 Å². The van der Waals surface area contributed by atoms with Gasteiger partial charge in [-0.1, -0.05) is 0 Å². The molecule has 0 bridgehead atoms. The first-order chi connectivity index (χ1) is 7.88. The molecule has 0 radical (unpaired) electrons. The normalized spacial score (nSPS) is 10.8. The molecular formula is C9H17N2O5Re. The average Bonchev–Trinajstić information content (AvgIpc) is 2.63. The maximum atomic E-state index is 8.75. The van der Waals surface area contributed by atoms with Crippen molar-refractivity contribution in [2.45, 2.75) is 26.8 Å². The Labute approximate surface area is 103 Å². The van der Waals surface area contributed by atoms with Crippen molar-refractivity contribution >= 4 is 0 Å². The van der Waals surface area contributed by atoms with E-state index in [1.807, 2.05) is 19.3 Å². The van der Waals surface area contributed by atoms with Gasteiger partial charge in [0.2, 0.25) is 0 Å². The number of aromatic nitrogens is 2. The number of hydrogen-bond donors (Lipinski definition) is 1. The van der Waals surface area contributed by atoms with Crippen LogP contribution in [0.5, 0.6) is 0 Å². The van der Waals surface area contributed by atoms with Gasteiger partial charge in [0, 0.05) is 32.0 Å². The van der Waals surface area contributed by atoms with Crippen molar-refractivity contribution in [3.05, 3.63) is 18.2 Å². The molecule has 0 fully saturated rings. The molecule has 0 aliphatic heterocycles. The third-order valence-corrected chi connectivity index (χ3v) is 1.82. The van der Waals surface area contributed by atoms with Crippen LogP contribution < -0.4 is 0 Å². The molecule has 0 aromatic carbocycles. The van der Waals surface area contributed by atoms with Gasteiger partial charge in [-0.2, -0.15) is 0 Å². The summed E-state index contributed by atoms with van der Waals surface area (Å²) in [5.74, 6) is 1.12. The topological polar surface area (TPSA) is 98.5 Å². The number of hydrogen-bond acceptors (Lipinski definition) is 5. The van der Waals surface area contributed by atoms with Crippen LogP contribution in [0.3, 0.4) is 0 Å². The van der Waals surface area contributed by atoms with E-state index in [9.17, 15) is 0 Å². The van der Waals surface area contributed by atoms with Gasteiger partial charge in [-0.05, 0) is 13.8 Å². The first-order valence-electron chi connectivity index (χ1n) is 5.09. The van der Waals surface area contributed by atoms with Crippen molar-refractivity contribution in [2.24, 2.45) is 0 Å². The van der Waals surface area contributed by atoms with Gasteiger partial charge >= 0.3 is 30.0 Å². The minimum absolute atomic E-state index is 0.771. The van der Waals surface area contributed by atoms with E-state index in [-0.39, 0.29) is 0 Å². The van der Waals surface area contributed by atoms with E-state index in [0.717, 1.165) is 32.0 Å². The van der Waals surface area contributed by atoms with Crippen LogP contribution in [0.25, 0.3) is 0 Å². The van der Waals surface area contributed by atoms with Crippen LogP contribution in [0, 0.1) is 0 Å². The first kappa shape index (κ1) is 16.2. The Bertz CT molecular complexity index is 446. The van der Waals surface area contributed by atoms with Gasteiger partial charge in [0.05, 0.1) is 6.61 Å². The maximum absolute atomic E-state index is 8.75. The fourth-order valence-corrected chi connectivity index (χ4v) is 1.16. The molecule has 0 saturated carbocycles. The summed E-state index contributed by atoms with van der Waals surface area (Å²) in [6.45, 7) is 6.67. The second kappa shape index (κ2) is 8.31. The van der Waals surface area contributed by atoms with Gasteiger partial charge in [-0.25, -0.2) is 4.98 Å². The molecule has 1 N–H and O–H groups in total. The predicted molar refractivity (Wildman–Crippen MR) is 52.4 cm³/mol. The standard InChI is InChI=1S/C9H16N2O.H2O.3O.Re/c1-3-11-7-6-10-9(11)5-8-12-4-2;;;;;/h6-7H,3-5,8H2,1-2H3;1H2;;;;/q;;;;;+1/p-1. The van der Waals surface area contributed by atoms with Crippen LogP contribution in [0.1, 0.15) is 19.7 Å². The Balaban J connectivity index is 0.000000437. The van der Waals surface area contributed by atoms with Crippen molar-refractivity contribution in [2.75, 3.05) is 13.2 Å². The molecule has 100 valence electrons. The Morgan fingerprint density at radius 1 is 1.41 bits per heavy atom. The molecule has 1 heterocycles. The molecule has 0 atom stereocenters. The van der Waals surface area contributed by atoms with E-state index >= 15 is 0 Å². The van der Waals surface area contributed by atoms with Gasteiger partial charge in [0.25, 0.3) is 0 Å². The summed E-state index contributed by atoms with van der Waals surface area (Å²) < 4.78 is 40.7. The van der Waals surface area contributed by atoms with Crippen molar-refractivity contribution in [3.63, 3.8) is 0 Å². The molecule has 0 spiro atoms. The summed E-state index contributed by atoms with van der Waals surface area (Å²) in [5, 5.41) is 0. The van der Waals surface area contributed by atoms with Gasteiger partial charge in [-0.15, -0.1) is 0 Å². The molecular weight excluding hydrogens is 402 g/mol. The van der Waals surface area contributed by atoms with Gasteiger partial charge in [0.1, 0.15) is 5.82 Å². The number of rotatable bonds is 5. The average molecular weight is 419 g/mol. The molecule has 0 aliphatic carbocycles. The van der Waals surface area contributed by atoms with E-state index in [1.54, 1.807) is 0 Å². The summed E-state index contributed by atoms with van der Waals surface area (Å²) in [4.78, 5) is 4.24. The van der Waals surface area contributed by atoms with E-state index in [1.165, 1.54) is 0 Å². The number of nitrogens with zero attached hydrogens (tertiary/aromatic N) is 2. The van der Waals surface area contributed by atoms with Crippen LogP contribution in [0.15, 0.2) is 12.4 Å². The van der Waals surface area contributed by atoms with Crippen molar-refractivity contribution in [1.82, 2.24) is 9.55 Å². The fourth-order valence-electron chi connectivity index (χ4n) is 1.16. The van der Waals surface area contributed by atoms with Gasteiger partial charge < -0.3 is 9.30 Å². The molecule has 0 saturated heterocycles. The fraction of sp³-hybridized carbons (Fsp3) is 0.667. The SMILES string of the molecule is CCOCCc1nccn1CC.[O]=[Re](=[O])(=[O])[OH]. The zero-order chi connectivity index (χ0) is 13.3. The molecule has 0 amide bonds. The van der Waals surface area contributed by atoms with Gasteiger partial charge in [-0.3, -0.25) is 0 Å². The van der Waals surface area contributed by atoms with Gasteiger partial charge in [0.15, 0.2) is 0 Å². The Kier molecular flexibility index (Phi) is 7.91. The Morgan fingerprint density at radius 2 is 2.00 bits per heavy atom. The number of aryl methyl sites for hydroxylation is 1. The summed E-state index contributed by atoms with van der Waals surface area (Å²) >= 11 is -5.86. The number of ether oxygens (including phenoxy) is 1. The van der Waals surface area contributed by atoms with Crippen LogP contribution in [0.2, 0.25) is 0 Å².